The zero-order valence-electron chi connectivity index (χ0n) is 17.6. The number of hydrogen-bond donors (Lipinski definition) is 1. The lowest BCUT2D eigenvalue weighted by atomic mass is 10.1. The van der Waals surface area contributed by atoms with Crippen LogP contribution >= 0.6 is 11.6 Å². The number of rotatable bonds is 5. The van der Waals surface area contributed by atoms with Crippen LogP contribution < -0.4 is 9.62 Å². The minimum Gasteiger partial charge on any atom is -0.322 e. The van der Waals surface area contributed by atoms with Gasteiger partial charge in [0.25, 0.3) is 5.91 Å². The molecule has 0 atom stereocenters. The molecule has 9 heteroatoms. The fourth-order valence-electron chi connectivity index (χ4n) is 4.07. The van der Waals surface area contributed by atoms with Gasteiger partial charge < -0.3 is 5.32 Å². The maximum atomic E-state index is 13.2. The number of anilines is 2. The predicted octanol–water partition coefficient (Wildman–Crippen LogP) is 4.50. The number of aromatic nitrogens is 2. The number of amides is 1. The Balaban J connectivity index is 1.44. The molecule has 1 aliphatic heterocycles. The summed E-state index contributed by atoms with van der Waals surface area (Å²) in [4.78, 5) is 13.2. The minimum absolute atomic E-state index is 0.149. The summed E-state index contributed by atoms with van der Waals surface area (Å²) in [5.74, 6) is 0.161. The summed E-state index contributed by atoms with van der Waals surface area (Å²) in [5, 5.41) is 8.06. The van der Waals surface area contributed by atoms with E-state index in [0.29, 0.717) is 34.9 Å². The van der Waals surface area contributed by atoms with Crippen LogP contribution in [-0.2, 0) is 10.0 Å². The van der Waals surface area contributed by atoms with Crippen molar-refractivity contribution in [1.29, 1.82) is 0 Å². The molecule has 3 aromatic rings. The molecule has 7 nitrogen and oxygen atoms in total. The van der Waals surface area contributed by atoms with Crippen molar-refractivity contribution < 1.29 is 13.2 Å². The van der Waals surface area contributed by atoms with Crippen molar-refractivity contribution in [3.05, 3.63) is 70.5 Å². The number of nitrogens with one attached hydrogen (secondary N) is 1. The van der Waals surface area contributed by atoms with Gasteiger partial charge in [0.2, 0.25) is 10.0 Å². The first kappa shape index (κ1) is 21.0. The van der Waals surface area contributed by atoms with Gasteiger partial charge in [-0.3, -0.25) is 9.10 Å². The SMILES string of the molecule is Cc1ccc(-n2ncc(C(=O)Nc3cccc(N4CCCS4(=O)=O)c3)c2C2CC2)cc1Cl. The van der Waals surface area contributed by atoms with Crippen molar-refractivity contribution in [2.24, 2.45) is 0 Å². The van der Waals surface area contributed by atoms with E-state index in [2.05, 4.69) is 10.4 Å². The Morgan fingerprint density at radius 3 is 2.66 bits per heavy atom. The number of carbonyl (C=O) groups is 1. The van der Waals surface area contributed by atoms with Crippen LogP contribution in [0.2, 0.25) is 5.02 Å². The van der Waals surface area contributed by atoms with Gasteiger partial charge in [0, 0.05) is 23.2 Å². The quantitative estimate of drug-likeness (QED) is 0.594. The summed E-state index contributed by atoms with van der Waals surface area (Å²) in [6.45, 7) is 2.40. The smallest absolute Gasteiger partial charge is 0.259 e. The highest BCUT2D eigenvalue weighted by Gasteiger charge is 2.33. The number of hydrogen-bond acceptors (Lipinski definition) is 4. The Kier molecular flexibility index (Phi) is 5.22. The van der Waals surface area contributed by atoms with Crippen molar-refractivity contribution in [2.75, 3.05) is 21.9 Å². The van der Waals surface area contributed by atoms with Crippen LogP contribution in [0.4, 0.5) is 11.4 Å². The summed E-state index contributed by atoms with van der Waals surface area (Å²) >= 11 is 6.31. The lowest BCUT2D eigenvalue weighted by Gasteiger charge is -2.18. The van der Waals surface area contributed by atoms with Crippen LogP contribution in [0.5, 0.6) is 0 Å². The molecule has 0 unspecified atom stereocenters. The van der Waals surface area contributed by atoms with Gasteiger partial charge in [-0.25, -0.2) is 13.1 Å². The molecular formula is C23H23ClN4O3S. The number of nitrogens with zero attached hydrogens (tertiary/aromatic N) is 3. The lowest BCUT2D eigenvalue weighted by Crippen LogP contribution is -2.25. The van der Waals surface area contributed by atoms with Gasteiger partial charge in [0.1, 0.15) is 0 Å². The third-order valence-electron chi connectivity index (χ3n) is 5.91. The fraction of sp³-hybridized carbons (Fsp3) is 0.304. The van der Waals surface area contributed by atoms with Gasteiger partial charge in [-0.1, -0.05) is 23.7 Å². The summed E-state index contributed by atoms with van der Waals surface area (Å²) in [6.07, 6.45) is 4.21. The number of halogens is 1. The average Bonchev–Trinajstić information content (AvgIpc) is 3.39. The van der Waals surface area contributed by atoms with Crippen molar-refractivity contribution in [3.8, 4) is 5.69 Å². The van der Waals surface area contributed by atoms with E-state index in [1.54, 1.807) is 35.1 Å². The molecule has 1 aromatic heterocycles. The van der Waals surface area contributed by atoms with Crippen molar-refractivity contribution >= 4 is 38.9 Å². The van der Waals surface area contributed by atoms with Crippen LogP contribution in [0.3, 0.4) is 0 Å². The summed E-state index contributed by atoms with van der Waals surface area (Å²) < 4.78 is 27.7. The Labute approximate surface area is 192 Å². The van der Waals surface area contributed by atoms with Gasteiger partial charge in [0.15, 0.2) is 0 Å². The van der Waals surface area contributed by atoms with Crippen LogP contribution in [-0.4, -0.2) is 36.4 Å². The van der Waals surface area contributed by atoms with Crippen LogP contribution in [0.1, 0.15) is 46.8 Å². The Hall–Kier alpha value is -2.84. The molecule has 2 aromatic carbocycles. The summed E-state index contributed by atoms with van der Waals surface area (Å²) in [6, 6.07) is 12.7. The largest absolute Gasteiger partial charge is 0.322 e. The zero-order chi connectivity index (χ0) is 22.5. The lowest BCUT2D eigenvalue weighted by molar-refractivity contribution is 0.102. The van der Waals surface area contributed by atoms with Crippen LogP contribution in [0.25, 0.3) is 5.69 Å². The third-order valence-corrected chi connectivity index (χ3v) is 8.18. The number of aryl methyl sites for hydroxylation is 1. The molecule has 1 saturated carbocycles. The van der Waals surface area contributed by atoms with E-state index in [0.717, 1.165) is 29.8 Å². The normalized spacial score (nSPS) is 17.5. The first-order valence-electron chi connectivity index (χ1n) is 10.6. The molecule has 1 amide bonds. The second-order valence-corrected chi connectivity index (χ2v) is 10.7. The van der Waals surface area contributed by atoms with E-state index in [9.17, 15) is 13.2 Å². The van der Waals surface area contributed by atoms with Crippen molar-refractivity contribution in [2.45, 2.75) is 32.1 Å². The molecule has 2 aliphatic rings. The molecular weight excluding hydrogens is 448 g/mol. The van der Waals surface area contributed by atoms with E-state index in [1.807, 2.05) is 25.1 Å². The molecule has 0 bridgehead atoms. The molecule has 1 aliphatic carbocycles. The fourth-order valence-corrected chi connectivity index (χ4v) is 5.80. The van der Waals surface area contributed by atoms with E-state index < -0.39 is 10.0 Å². The van der Waals surface area contributed by atoms with E-state index in [-0.39, 0.29) is 17.6 Å². The maximum Gasteiger partial charge on any atom is 0.259 e. The molecule has 2 heterocycles. The van der Waals surface area contributed by atoms with Gasteiger partial charge in [-0.05, 0) is 62.1 Å². The third kappa shape index (κ3) is 3.89. The zero-order valence-corrected chi connectivity index (χ0v) is 19.2. The van der Waals surface area contributed by atoms with Gasteiger partial charge >= 0.3 is 0 Å². The Morgan fingerprint density at radius 2 is 1.97 bits per heavy atom. The second kappa shape index (κ2) is 7.94. The standard InChI is InChI=1S/C23H23ClN4O3S/c1-15-6-9-19(13-21(15)24)28-22(16-7-8-16)20(14-25-28)23(29)26-17-4-2-5-18(12-17)27-10-3-11-32(27,30)31/h2,4-6,9,12-14,16H,3,7-8,10-11H2,1H3,(H,26,29). The van der Waals surface area contributed by atoms with E-state index >= 15 is 0 Å². The van der Waals surface area contributed by atoms with Crippen molar-refractivity contribution in [3.63, 3.8) is 0 Å². The highest BCUT2D eigenvalue weighted by atomic mass is 35.5. The van der Waals surface area contributed by atoms with E-state index in [4.69, 9.17) is 11.6 Å². The van der Waals surface area contributed by atoms with Gasteiger partial charge in [-0.15, -0.1) is 0 Å². The first-order valence-corrected chi connectivity index (χ1v) is 12.6. The number of benzene rings is 2. The average molecular weight is 471 g/mol. The molecule has 2 fully saturated rings. The summed E-state index contributed by atoms with van der Waals surface area (Å²) in [7, 11) is -3.28. The van der Waals surface area contributed by atoms with Crippen LogP contribution in [0, 0.1) is 6.92 Å². The number of carbonyl (C=O) groups excluding carboxylic acids is 1. The maximum absolute atomic E-state index is 13.2. The number of sulfonamides is 1. The first-order chi connectivity index (χ1) is 15.3. The highest BCUT2D eigenvalue weighted by molar-refractivity contribution is 7.93. The second-order valence-electron chi connectivity index (χ2n) is 8.31. The minimum atomic E-state index is -3.28. The topological polar surface area (TPSA) is 84.3 Å². The van der Waals surface area contributed by atoms with E-state index in [1.165, 1.54) is 4.31 Å². The molecule has 32 heavy (non-hydrogen) atoms. The van der Waals surface area contributed by atoms with Crippen molar-refractivity contribution in [1.82, 2.24) is 9.78 Å². The monoisotopic (exact) mass is 470 g/mol. The van der Waals surface area contributed by atoms with Crippen LogP contribution in [0.15, 0.2) is 48.7 Å². The Morgan fingerprint density at radius 1 is 1.16 bits per heavy atom. The van der Waals surface area contributed by atoms with Gasteiger partial charge in [-0.2, -0.15) is 5.10 Å². The highest BCUT2D eigenvalue weighted by Crippen LogP contribution is 2.43. The summed E-state index contributed by atoms with van der Waals surface area (Å²) in [5.41, 5.74) is 4.30. The molecule has 166 valence electrons. The predicted molar refractivity (Wildman–Crippen MR) is 125 cm³/mol. The Bertz CT molecular complexity index is 1310. The van der Waals surface area contributed by atoms with Gasteiger partial charge in [0.05, 0.1) is 34.6 Å². The molecule has 5 rings (SSSR count). The molecule has 1 saturated heterocycles. The molecule has 1 N–H and O–H groups in total. The molecule has 0 radical (unpaired) electrons. The molecule has 0 spiro atoms.